The molecule has 1 aliphatic heterocycles. The van der Waals surface area contributed by atoms with Gasteiger partial charge in [0.25, 0.3) is 0 Å². The molecule has 1 amide bonds. The second-order valence-corrected chi connectivity index (χ2v) is 8.77. The van der Waals surface area contributed by atoms with Gasteiger partial charge in [0.2, 0.25) is 12.7 Å². The van der Waals surface area contributed by atoms with E-state index in [-0.39, 0.29) is 18.5 Å². The SMILES string of the molecule is CC(=O)C(C)(C)c1cc2cc(NC(=O)C3(c4ccc5c(c4)OCO5)CC3)ccc2[nH]1. The lowest BCUT2D eigenvalue weighted by Crippen LogP contribution is -2.27. The summed E-state index contributed by atoms with van der Waals surface area (Å²) in [5.74, 6) is 1.50. The predicted octanol–water partition coefficient (Wildman–Crippen LogP) is 4.43. The summed E-state index contributed by atoms with van der Waals surface area (Å²) < 4.78 is 10.9. The Kier molecular flexibility index (Phi) is 3.97. The fourth-order valence-electron chi connectivity index (χ4n) is 3.95. The molecule has 0 radical (unpaired) electrons. The molecule has 2 aromatic carbocycles. The van der Waals surface area contributed by atoms with E-state index in [1.165, 1.54) is 0 Å². The normalized spacial score (nSPS) is 16.5. The molecule has 3 aromatic rings. The van der Waals surface area contributed by atoms with E-state index in [4.69, 9.17) is 9.47 Å². The molecule has 5 rings (SSSR count). The van der Waals surface area contributed by atoms with Crippen LogP contribution in [-0.2, 0) is 20.4 Å². The molecule has 154 valence electrons. The third-order valence-corrected chi connectivity index (χ3v) is 6.54. The molecule has 6 nitrogen and oxygen atoms in total. The van der Waals surface area contributed by atoms with Gasteiger partial charge in [-0.15, -0.1) is 0 Å². The van der Waals surface area contributed by atoms with E-state index in [0.717, 1.165) is 46.4 Å². The van der Waals surface area contributed by atoms with Gasteiger partial charge in [-0.3, -0.25) is 9.59 Å². The summed E-state index contributed by atoms with van der Waals surface area (Å²) in [5.41, 5.74) is 2.40. The number of carbonyl (C=O) groups is 2. The average molecular weight is 404 g/mol. The molecule has 0 bridgehead atoms. The van der Waals surface area contributed by atoms with Gasteiger partial charge in [-0.05, 0) is 75.6 Å². The Balaban J connectivity index is 1.40. The molecular formula is C24H24N2O4. The minimum Gasteiger partial charge on any atom is -0.454 e. The maximum atomic E-state index is 13.2. The Morgan fingerprint density at radius 3 is 2.53 bits per heavy atom. The highest BCUT2D eigenvalue weighted by atomic mass is 16.7. The summed E-state index contributed by atoms with van der Waals surface area (Å²) >= 11 is 0. The highest BCUT2D eigenvalue weighted by Crippen LogP contribution is 2.51. The van der Waals surface area contributed by atoms with Crippen molar-refractivity contribution in [3.63, 3.8) is 0 Å². The van der Waals surface area contributed by atoms with Crippen LogP contribution >= 0.6 is 0 Å². The van der Waals surface area contributed by atoms with Crippen molar-refractivity contribution in [3.05, 3.63) is 53.7 Å². The number of nitrogens with one attached hydrogen (secondary N) is 2. The Labute approximate surface area is 174 Å². The van der Waals surface area contributed by atoms with Crippen molar-refractivity contribution >= 4 is 28.3 Å². The van der Waals surface area contributed by atoms with Crippen LogP contribution in [0.5, 0.6) is 11.5 Å². The van der Waals surface area contributed by atoms with Crippen LogP contribution in [0.15, 0.2) is 42.5 Å². The van der Waals surface area contributed by atoms with Crippen LogP contribution in [0.4, 0.5) is 5.69 Å². The van der Waals surface area contributed by atoms with Crippen LogP contribution in [0.2, 0.25) is 0 Å². The third kappa shape index (κ3) is 2.86. The van der Waals surface area contributed by atoms with E-state index in [9.17, 15) is 9.59 Å². The van der Waals surface area contributed by atoms with Crippen molar-refractivity contribution in [2.75, 3.05) is 12.1 Å². The lowest BCUT2D eigenvalue weighted by atomic mass is 9.85. The monoisotopic (exact) mass is 404 g/mol. The highest BCUT2D eigenvalue weighted by molar-refractivity contribution is 6.02. The number of H-pyrrole nitrogens is 1. The molecule has 0 spiro atoms. The van der Waals surface area contributed by atoms with Gasteiger partial charge in [0.05, 0.1) is 10.8 Å². The van der Waals surface area contributed by atoms with Crippen LogP contribution in [-0.4, -0.2) is 23.5 Å². The van der Waals surface area contributed by atoms with Crippen LogP contribution in [0.3, 0.4) is 0 Å². The van der Waals surface area contributed by atoms with Crippen LogP contribution in [0, 0.1) is 0 Å². The summed E-state index contributed by atoms with van der Waals surface area (Å²) in [5, 5.41) is 4.04. The second-order valence-electron chi connectivity index (χ2n) is 8.77. The molecular weight excluding hydrogens is 380 g/mol. The van der Waals surface area contributed by atoms with Gasteiger partial charge in [-0.1, -0.05) is 6.07 Å². The zero-order valence-corrected chi connectivity index (χ0v) is 17.3. The van der Waals surface area contributed by atoms with E-state index in [1.807, 2.05) is 56.3 Å². The predicted molar refractivity (Wildman–Crippen MR) is 114 cm³/mol. The number of aromatic amines is 1. The molecule has 1 fully saturated rings. The smallest absolute Gasteiger partial charge is 0.235 e. The first kappa shape index (κ1) is 18.7. The van der Waals surface area contributed by atoms with Gasteiger partial charge in [-0.25, -0.2) is 0 Å². The summed E-state index contributed by atoms with van der Waals surface area (Å²) in [6.07, 6.45) is 1.61. The molecule has 0 saturated heterocycles. The number of anilines is 1. The number of ketones is 1. The first-order chi connectivity index (χ1) is 14.3. The Hall–Kier alpha value is -3.28. The molecule has 30 heavy (non-hydrogen) atoms. The standard InChI is InChI=1S/C24H24N2O4/c1-14(27)23(2,3)21-11-15-10-17(5-6-18(15)26-21)25-22(28)24(8-9-24)16-4-7-19-20(12-16)30-13-29-19/h4-7,10-12,26H,8-9,13H2,1-3H3,(H,25,28). The van der Waals surface area contributed by atoms with Crippen molar-refractivity contribution in [3.8, 4) is 11.5 Å². The van der Waals surface area contributed by atoms with E-state index in [0.29, 0.717) is 5.75 Å². The molecule has 0 unspecified atom stereocenters. The molecule has 1 saturated carbocycles. The number of fused-ring (bicyclic) bond motifs is 2. The summed E-state index contributed by atoms with van der Waals surface area (Å²) in [6, 6.07) is 13.5. The van der Waals surface area contributed by atoms with Crippen molar-refractivity contribution in [2.24, 2.45) is 0 Å². The summed E-state index contributed by atoms with van der Waals surface area (Å²) in [4.78, 5) is 28.5. The van der Waals surface area contributed by atoms with Gasteiger partial charge in [0.15, 0.2) is 11.5 Å². The minimum absolute atomic E-state index is 0.0134. The molecule has 1 aliphatic carbocycles. The van der Waals surface area contributed by atoms with Gasteiger partial charge in [-0.2, -0.15) is 0 Å². The first-order valence-electron chi connectivity index (χ1n) is 10.2. The Bertz CT molecular complexity index is 1190. The van der Waals surface area contributed by atoms with E-state index in [2.05, 4.69) is 10.3 Å². The fraction of sp³-hybridized carbons (Fsp3) is 0.333. The lowest BCUT2D eigenvalue weighted by molar-refractivity contribution is -0.121. The molecule has 2 N–H and O–H groups in total. The molecule has 1 aromatic heterocycles. The maximum absolute atomic E-state index is 13.2. The number of carbonyl (C=O) groups excluding carboxylic acids is 2. The number of hydrogen-bond donors (Lipinski definition) is 2. The Morgan fingerprint density at radius 1 is 1.03 bits per heavy atom. The van der Waals surface area contributed by atoms with E-state index in [1.54, 1.807) is 6.92 Å². The number of ether oxygens (including phenoxy) is 2. The average Bonchev–Trinajstić information content (AvgIpc) is 3.19. The minimum atomic E-state index is -0.583. The van der Waals surface area contributed by atoms with Crippen LogP contribution in [0.1, 0.15) is 44.9 Å². The molecule has 6 heteroatoms. The van der Waals surface area contributed by atoms with Crippen molar-refractivity contribution < 1.29 is 19.1 Å². The second kappa shape index (κ2) is 6.36. The number of amides is 1. The van der Waals surface area contributed by atoms with E-state index < -0.39 is 10.8 Å². The number of aromatic nitrogens is 1. The quantitative estimate of drug-likeness (QED) is 0.659. The first-order valence-corrected chi connectivity index (χ1v) is 10.2. The summed E-state index contributed by atoms with van der Waals surface area (Å²) in [6.45, 7) is 5.63. The zero-order valence-electron chi connectivity index (χ0n) is 17.3. The maximum Gasteiger partial charge on any atom is 0.235 e. The molecule has 0 atom stereocenters. The van der Waals surface area contributed by atoms with Crippen LogP contribution < -0.4 is 14.8 Å². The van der Waals surface area contributed by atoms with Crippen molar-refractivity contribution in [1.29, 1.82) is 0 Å². The molecule has 2 aliphatic rings. The number of Topliss-reactive ketones (excluding diaryl/α,β-unsaturated/α-hetero) is 1. The van der Waals surface area contributed by atoms with Crippen molar-refractivity contribution in [2.45, 2.75) is 44.4 Å². The molecule has 2 heterocycles. The number of benzene rings is 2. The van der Waals surface area contributed by atoms with E-state index >= 15 is 0 Å². The number of rotatable bonds is 5. The number of hydrogen-bond acceptors (Lipinski definition) is 4. The largest absolute Gasteiger partial charge is 0.454 e. The zero-order chi connectivity index (χ0) is 21.1. The van der Waals surface area contributed by atoms with Crippen molar-refractivity contribution in [1.82, 2.24) is 4.98 Å². The van der Waals surface area contributed by atoms with Gasteiger partial charge < -0.3 is 19.8 Å². The summed E-state index contributed by atoms with van der Waals surface area (Å²) in [7, 11) is 0. The highest BCUT2D eigenvalue weighted by Gasteiger charge is 2.51. The Morgan fingerprint density at radius 2 is 1.80 bits per heavy atom. The fourth-order valence-corrected chi connectivity index (χ4v) is 3.95. The van der Waals surface area contributed by atoms with Crippen LogP contribution in [0.25, 0.3) is 10.9 Å². The third-order valence-electron chi connectivity index (χ3n) is 6.54. The lowest BCUT2D eigenvalue weighted by Gasteiger charge is -2.19. The topological polar surface area (TPSA) is 80.4 Å². The van der Waals surface area contributed by atoms with Gasteiger partial charge in [0.1, 0.15) is 5.78 Å². The van der Waals surface area contributed by atoms with Gasteiger partial charge >= 0.3 is 0 Å². The van der Waals surface area contributed by atoms with Gasteiger partial charge in [0, 0.05) is 22.3 Å².